The summed E-state index contributed by atoms with van der Waals surface area (Å²) >= 11 is 0. The van der Waals surface area contributed by atoms with Gasteiger partial charge in [-0.3, -0.25) is 14.4 Å². The molecule has 3 N–H and O–H groups in total. The molecule has 3 rings (SSSR count). The molecular weight excluding hydrogens is 488 g/mol. The maximum atomic E-state index is 12.2. The average molecular weight is 519 g/mol. The summed E-state index contributed by atoms with van der Waals surface area (Å²) in [4.78, 5) is 36.2. The monoisotopic (exact) mass is 518 g/mol. The van der Waals surface area contributed by atoms with Gasteiger partial charge in [0.2, 0.25) is 0 Å². The van der Waals surface area contributed by atoms with E-state index < -0.39 is 11.8 Å². The zero-order valence-corrected chi connectivity index (χ0v) is 21.2. The van der Waals surface area contributed by atoms with Crippen LogP contribution in [-0.2, 0) is 27.5 Å². The van der Waals surface area contributed by atoms with Crippen LogP contribution in [0.5, 0.6) is 17.2 Å². The number of amides is 3. The highest BCUT2D eigenvalue weighted by atomic mass is 16.5. The van der Waals surface area contributed by atoms with E-state index in [-0.39, 0.29) is 19.1 Å². The van der Waals surface area contributed by atoms with Crippen molar-refractivity contribution in [2.75, 3.05) is 20.3 Å². The third kappa shape index (κ3) is 8.98. The topological polar surface area (TPSA) is 127 Å². The second-order valence-electron chi connectivity index (χ2n) is 7.92. The second kappa shape index (κ2) is 14.6. The van der Waals surface area contributed by atoms with E-state index in [1.165, 1.54) is 6.21 Å². The summed E-state index contributed by atoms with van der Waals surface area (Å²) < 4.78 is 16.3. The van der Waals surface area contributed by atoms with E-state index in [4.69, 9.17) is 14.2 Å². The Morgan fingerprint density at radius 3 is 2.24 bits per heavy atom. The van der Waals surface area contributed by atoms with E-state index in [0.717, 1.165) is 11.1 Å². The van der Waals surface area contributed by atoms with Crippen molar-refractivity contribution in [2.45, 2.75) is 20.0 Å². The van der Waals surface area contributed by atoms with E-state index >= 15 is 0 Å². The fourth-order valence-electron chi connectivity index (χ4n) is 3.21. The summed E-state index contributed by atoms with van der Waals surface area (Å²) in [6.07, 6.45) is 1.37. The van der Waals surface area contributed by atoms with Crippen LogP contribution in [0.3, 0.4) is 0 Å². The molecule has 0 fully saturated rings. The summed E-state index contributed by atoms with van der Waals surface area (Å²) in [7, 11) is 1.57. The number of benzene rings is 3. The zero-order valence-electron chi connectivity index (χ0n) is 21.2. The van der Waals surface area contributed by atoms with Crippen LogP contribution in [0.1, 0.15) is 23.6 Å². The minimum Gasteiger partial charge on any atom is -0.497 e. The van der Waals surface area contributed by atoms with Gasteiger partial charge in [-0.2, -0.15) is 5.10 Å². The van der Waals surface area contributed by atoms with E-state index in [2.05, 4.69) is 21.2 Å². The molecule has 0 bridgehead atoms. The highest BCUT2D eigenvalue weighted by Gasteiger charge is 2.12. The Morgan fingerprint density at radius 2 is 1.53 bits per heavy atom. The Bertz CT molecular complexity index is 1250. The molecule has 3 amide bonds. The van der Waals surface area contributed by atoms with Crippen LogP contribution in [-0.4, -0.2) is 44.3 Å². The summed E-state index contributed by atoms with van der Waals surface area (Å²) in [5.41, 5.74) is 4.59. The van der Waals surface area contributed by atoms with Crippen molar-refractivity contribution in [3.8, 4) is 17.2 Å². The van der Waals surface area contributed by atoms with Crippen molar-refractivity contribution in [3.05, 3.63) is 89.5 Å². The molecule has 0 aliphatic carbocycles. The van der Waals surface area contributed by atoms with Crippen LogP contribution >= 0.6 is 0 Å². The first-order valence-electron chi connectivity index (χ1n) is 11.9. The van der Waals surface area contributed by atoms with Crippen molar-refractivity contribution in [1.29, 1.82) is 0 Å². The van der Waals surface area contributed by atoms with Gasteiger partial charge >= 0.3 is 11.8 Å². The number of ether oxygens (including phenoxy) is 3. The quantitative estimate of drug-likeness (QED) is 0.192. The Kier molecular flexibility index (Phi) is 10.7. The average Bonchev–Trinajstić information content (AvgIpc) is 2.95. The van der Waals surface area contributed by atoms with Gasteiger partial charge in [0, 0.05) is 13.1 Å². The lowest BCUT2D eigenvalue weighted by Gasteiger charge is -2.12. The first-order valence-corrected chi connectivity index (χ1v) is 11.9. The molecule has 0 saturated carbocycles. The predicted octanol–water partition coefficient (Wildman–Crippen LogP) is 2.56. The summed E-state index contributed by atoms with van der Waals surface area (Å²) in [6, 6.07) is 21.6. The van der Waals surface area contributed by atoms with Gasteiger partial charge in [0.1, 0.15) is 5.75 Å². The Balaban J connectivity index is 1.48. The van der Waals surface area contributed by atoms with Gasteiger partial charge in [0.15, 0.2) is 18.1 Å². The fourth-order valence-corrected chi connectivity index (χ4v) is 3.21. The molecule has 0 spiro atoms. The first-order chi connectivity index (χ1) is 18.5. The van der Waals surface area contributed by atoms with Gasteiger partial charge in [0.25, 0.3) is 5.91 Å². The highest BCUT2D eigenvalue weighted by molar-refractivity contribution is 6.35. The van der Waals surface area contributed by atoms with Gasteiger partial charge in [-0.1, -0.05) is 42.5 Å². The summed E-state index contributed by atoms with van der Waals surface area (Å²) in [5, 5.41) is 9.16. The Morgan fingerprint density at radius 1 is 0.816 bits per heavy atom. The van der Waals surface area contributed by atoms with Gasteiger partial charge < -0.3 is 24.8 Å². The van der Waals surface area contributed by atoms with Crippen molar-refractivity contribution in [2.24, 2.45) is 5.10 Å². The van der Waals surface area contributed by atoms with Crippen LogP contribution in [0.4, 0.5) is 0 Å². The molecule has 0 heterocycles. The molecule has 198 valence electrons. The lowest BCUT2D eigenvalue weighted by atomic mass is 10.2. The number of hydrazone groups is 1. The molecular formula is C28H30N4O6. The minimum absolute atomic E-state index is 0.179. The number of nitrogens with zero attached hydrogens (tertiary/aromatic N) is 1. The van der Waals surface area contributed by atoms with Crippen LogP contribution < -0.4 is 30.3 Å². The first kappa shape index (κ1) is 27.7. The molecule has 0 saturated heterocycles. The number of carbonyl (C=O) groups is 3. The third-order valence-corrected chi connectivity index (χ3v) is 5.16. The van der Waals surface area contributed by atoms with Crippen LogP contribution in [0, 0.1) is 0 Å². The van der Waals surface area contributed by atoms with E-state index in [1.54, 1.807) is 49.6 Å². The van der Waals surface area contributed by atoms with Crippen molar-refractivity contribution in [3.63, 3.8) is 0 Å². The van der Waals surface area contributed by atoms with Crippen molar-refractivity contribution >= 4 is 23.9 Å². The zero-order chi connectivity index (χ0) is 27.2. The van der Waals surface area contributed by atoms with E-state index in [1.807, 2.05) is 37.3 Å². The summed E-state index contributed by atoms with van der Waals surface area (Å²) in [5.74, 6) is -0.487. The molecule has 0 aromatic heterocycles. The molecule has 0 aliphatic rings. The Labute approximate surface area is 221 Å². The van der Waals surface area contributed by atoms with Crippen LogP contribution in [0.2, 0.25) is 0 Å². The van der Waals surface area contributed by atoms with Gasteiger partial charge in [0.05, 0.1) is 19.9 Å². The highest BCUT2D eigenvalue weighted by Crippen LogP contribution is 2.28. The molecule has 3 aromatic rings. The minimum atomic E-state index is -0.902. The number of methoxy groups -OCH3 is 1. The molecule has 0 aliphatic heterocycles. The lowest BCUT2D eigenvalue weighted by Crippen LogP contribution is -2.37. The standard InChI is InChI=1S/C28H30N4O6/c1-3-37-25-15-22(11-14-24(25)38-19-26(33)29-16-20-7-5-4-6-8-20)18-31-32-28(35)27(34)30-17-21-9-12-23(36-2)13-10-21/h4-15,18H,3,16-17,19H2,1-2H3,(H,29,33)(H,30,34)(H,32,35)/b31-18-. The lowest BCUT2D eigenvalue weighted by molar-refractivity contribution is -0.139. The maximum absolute atomic E-state index is 12.2. The van der Waals surface area contributed by atoms with Crippen molar-refractivity contribution < 1.29 is 28.6 Å². The largest absolute Gasteiger partial charge is 0.497 e. The molecule has 10 heteroatoms. The number of carbonyl (C=O) groups excluding carboxylic acids is 3. The van der Waals surface area contributed by atoms with Crippen LogP contribution in [0.15, 0.2) is 77.9 Å². The number of nitrogens with one attached hydrogen (secondary N) is 3. The fraction of sp³-hybridized carbons (Fsp3) is 0.214. The molecule has 3 aromatic carbocycles. The Hall–Kier alpha value is -4.86. The molecule has 0 radical (unpaired) electrons. The number of hydrogen-bond donors (Lipinski definition) is 3. The van der Waals surface area contributed by atoms with E-state index in [9.17, 15) is 14.4 Å². The predicted molar refractivity (Wildman–Crippen MR) is 142 cm³/mol. The smallest absolute Gasteiger partial charge is 0.329 e. The third-order valence-electron chi connectivity index (χ3n) is 5.16. The maximum Gasteiger partial charge on any atom is 0.329 e. The van der Waals surface area contributed by atoms with E-state index in [0.29, 0.717) is 36.0 Å². The van der Waals surface area contributed by atoms with Crippen molar-refractivity contribution in [1.82, 2.24) is 16.1 Å². The van der Waals surface area contributed by atoms with Gasteiger partial charge in [-0.05, 0) is 53.9 Å². The molecule has 10 nitrogen and oxygen atoms in total. The number of hydrogen-bond acceptors (Lipinski definition) is 7. The van der Waals surface area contributed by atoms with Gasteiger partial charge in [-0.15, -0.1) is 0 Å². The molecule has 0 unspecified atom stereocenters. The summed E-state index contributed by atoms with van der Waals surface area (Å²) in [6.45, 7) is 2.61. The normalized spacial score (nSPS) is 10.5. The molecule has 38 heavy (non-hydrogen) atoms. The second-order valence-corrected chi connectivity index (χ2v) is 7.92. The van der Waals surface area contributed by atoms with Crippen LogP contribution in [0.25, 0.3) is 0 Å². The SMILES string of the molecule is CCOc1cc(/C=N\NC(=O)C(=O)NCc2ccc(OC)cc2)ccc1OCC(=O)NCc1ccccc1. The van der Waals surface area contributed by atoms with Gasteiger partial charge in [-0.25, -0.2) is 5.43 Å². The molecule has 0 atom stereocenters. The number of rotatable bonds is 12.